The molecule has 3 heterocycles. The van der Waals surface area contributed by atoms with Crippen LogP contribution in [0.15, 0.2) is 36.4 Å². The second kappa shape index (κ2) is 8.07. The van der Waals surface area contributed by atoms with Crippen molar-refractivity contribution >= 4 is 11.6 Å². The third-order valence-electron chi connectivity index (χ3n) is 5.98. The number of para-hydroxylation sites is 1. The topological polar surface area (TPSA) is 55.5 Å². The third kappa shape index (κ3) is 3.76. The van der Waals surface area contributed by atoms with Gasteiger partial charge in [0.25, 0.3) is 0 Å². The van der Waals surface area contributed by atoms with Crippen molar-refractivity contribution < 1.29 is 4.79 Å². The molecular weight excluding hydrogens is 350 g/mol. The molecule has 0 aliphatic carbocycles. The molecule has 0 unspecified atom stereocenters. The quantitative estimate of drug-likeness (QED) is 0.803. The zero-order valence-electron chi connectivity index (χ0n) is 16.5. The molecule has 6 heteroatoms. The second-order valence-corrected chi connectivity index (χ2v) is 7.69. The van der Waals surface area contributed by atoms with E-state index >= 15 is 0 Å². The van der Waals surface area contributed by atoms with Crippen molar-refractivity contribution in [3.8, 4) is 6.07 Å². The first-order chi connectivity index (χ1) is 13.7. The molecule has 0 radical (unpaired) electrons. The maximum atomic E-state index is 11.9. The first-order valence-corrected chi connectivity index (χ1v) is 10.0. The summed E-state index contributed by atoms with van der Waals surface area (Å²) in [7, 11) is 2.10. The van der Waals surface area contributed by atoms with Gasteiger partial charge in [-0.1, -0.05) is 12.1 Å². The zero-order chi connectivity index (χ0) is 19.5. The van der Waals surface area contributed by atoms with Gasteiger partial charge < -0.3 is 14.4 Å². The summed E-state index contributed by atoms with van der Waals surface area (Å²) in [6, 6.07) is 14.5. The van der Waals surface area contributed by atoms with Gasteiger partial charge in [-0.2, -0.15) is 5.26 Å². The number of hydrogen-bond acceptors (Lipinski definition) is 4. The van der Waals surface area contributed by atoms with Crippen molar-refractivity contribution in [2.75, 3.05) is 37.6 Å². The van der Waals surface area contributed by atoms with Crippen LogP contribution < -0.4 is 4.90 Å². The van der Waals surface area contributed by atoms with Gasteiger partial charge in [0.15, 0.2) is 0 Å². The summed E-state index contributed by atoms with van der Waals surface area (Å²) in [4.78, 5) is 18.6. The molecule has 28 heavy (non-hydrogen) atoms. The highest BCUT2D eigenvalue weighted by Crippen LogP contribution is 2.22. The summed E-state index contributed by atoms with van der Waals surface area (Å²) in [6.07, 6.45) is 1.67. The smallest absolute Gasteiger partial charge is 0.222 e. The van der Waals surface area contributed by atoms with Crippen molar-refractivity contribution in [2.24, 2.45) is 7.05 Å². The minimum atomic E-state index is 0.275. The number of carbonyl (C=O) groups is 1. The number of aromatic nitrogens is 1. The number of benzene rings is 1. The highest BCUT2D eigenvalue weighted by atomic mass is 16.2. The summed E-state index contributed by atoms with van der Waals surface area (Å²) in [5.74, 6) is 0.275. The van der Waals surface area contributed by atoms with Crippen LogP contribution in [0.3, 0.4) is 0 Å². The van der Waals surface area contributed by atoms with Crippen molar-refractivity contribution in [3.05, 3.63) is 53.3 Å². The number of nitrogens with zero attached hydrogens (tertiary/aromatic N) is 5. The van der Waals surface area contributed by atoms with Crippen LogP contribution in [0.4, 0.5) is 5.69 Å². The lowest BCUT2D eigenvalue weighted by molar-refractivity contribution is -0.128. The van der Waals surface area contributed by atoms with Crippen LogP contribution in [0.1, 0.15) is 29.8 Å². The molecule has 4 rings (SSSR count). The van der Waals surface area contributed by atoms with E-state index in [1.54, 1.807) is 0 Å². The lowest BCUT2D eigenvalue weighted by Crippen LogP contribution is -2.46. The number of anilines is 1. The molecule has 1 aromatic carbocycles. The average Bonchev–Trinajstić information content (AvgIpc) is 3.29. The van der Waals surface area contributed by atoms with E-state index in [0.29, 0.717) is 13.0 Å². The molecule has 1 amide bonds. The second-order valence-electron chi connectivity index (χ2n) is 7.69. The molecule has 0 bridgehead atoms. The van der Waals surface area contributed by atoms with E-state index in [1.807, 2.05) is 29.2 Å². The Morgan fingerprint density at radius 1 is 0.964 bits per heavy atom. The summed E-state index contributed by atoms with van der Waals surface area (Å²) < 4.78 is 2.24. The largest absolute Gasteiger partial charge is 0.368 e. The molecule has 0 atom stereocenters. The van der Waals surface area contributed by atoms with Gasteiger partial charge in [-0.25, -0.2) is 0 Å². The minimum absolute atomic E-state index is 0.275. The Morgan fingerprint density at radius 2 is 1.68 bits per heavy atom. The summed E-state index contributed by atoms with van der Waals surface area (Å²) >= 11 is 0. The van der Waals surface area contributed by atoms with E-state index in [2.05, 4.69) is 39.6 Å². The molecule has 2 fully saturated rings. The number of nitriles is 1. The Morgan fingerprint density at radius 3 is 2.36 bits per heavy atom. The Balaban J connectivity index is 1.35. The van der Waals surface area contributed by atoms with E-state index in [1.165, 1.54) is 11.4 Å². The van der Waals surface area contributed by atoms with E-state index in [9.17, 15) is 10.1 Å². The zero-order valence-corrected chi connectivity index (χ0v) is 16.5. The van der Waals surface area contributed by atoms with Gasteiger partial charge in [0, 0.05) is 64.1 Å². The molecule has 2 aliphatic rings. The summed E-state index contributed by atoms with van der Waals surface area (Å²) in [5, 5.41) is 9.33. The third-order valence-corrected chi connectivity index (χ3v) is 5.98. The van der Waals surface area contributed by atoms with Crippen LogP contribution in [-0.2, 0) is 24.9 Å². The highest BCUT2D eigenvalue weighted by Gasteiger charge is 2.23. The van der Waals surface area contributed by atoms with Crippen LogP contribution in [0.25, 0.3) is 0 Å². The Bertz CT molecular complexity index is 889. The number of piperazine rings is 1. The number of likely N-dealkylation sites (tertiary alicyclic amines) is 1. The average molecular weight is 377 g/mol. The highest BCUT2D eigenvalue weighted by molar-refractivity contribution is 5.78. The molecule has 0 saturated carbocycles. The molecule has 2 aromatic rings. The lowest BCUT2D eigenvalue weighted by Gasteiger charge is -2.36. The fourth-order valence-electron chi connectivity index (χ4n) is 4.20. The molecule has 146 valence electrons. The number of hydrogen-bond donors (Lipinski definition) is 0. The Hall–Kier alpha value is -2.78. The normalized spacial score (nSPS) is 17.9. The first kappa shape index (κ1) is 18.6. The van der Waals surface area contributed by atoms with E-state index in [0.717, 1.165) is 56.9 Å². The SMILES string of the molecule is Cn1c(CN2CCN(c3ccccc3C#N)CC2)ccc1CN1CCCC1=O. The maximum absolute atomic E-state index is 11.9. The number of amides is 1. The standard InChI is InChI=1S/C22H27N5O/c1-24-19(8-9-20(24)17-27-10-4-7-22(27)28)16-25-11-13-26(14-12-25)21-6-3-2-5-18(21)15-23/h2-3,5-6,8-9H,4,7,10-14,16-17H2,1H3. The van der Waals surface area contributed by atoms with Gasteiger partial charge in [0.05, 0.1) is 17.8 Å². The van der Waals surface area contributed by atoms with E-state index in [4.69, 9.17) is 0 Å². The predicted molar refractivity (Wildman–Crippen MR) is 109 cm³/mol. The van der Waals surface area contributed by atoms with E-state index < -0.39 is 0 Å². The van der Waals surface area contributed by atoms with Gasteiger partial charge in [0.1, 0.15) is 6.07 Å². The van der Waals surface area contributed by atoms with Crippen LogP contribution in [-0.4, -0.2) is 53.0 Å². The van der Waals surface area contributed by atoms with Crippen LogP contribution in [0.5, 0.6) is 0 Å². The van der Waals surface area contributed by atoms with Gasteiger partial charge >= 0.3 is 0 Å². The first-order valence-electron chi connectivity index (χ1n) is 10.0. The molecule has 1 aromatic heterocycles. The van der Waals surface area contributed by atoms with Gasteiger partial charge in [-0.3, -0.25) is 9.69 Å². The predicted octanol–water partition coefficient (Wildman–Crippen LogP) is 2.34. The lowest BCUT2D eigenvalue weighted by atomic mass is 10.1. The van der Waals surface area contributed by atoms with Crippen LogP contribution in [0.2, 0.25) is 0 Å². The monoisotopic (exact) mass is 377 g/mol. The molecule has 6 nitrogen and oxygen atoms in total. The Labute approximate surface area is 166 Å². The van der Waals surface area contributed by atoms with Gasteiger partial charge in [-0.15, -0.1) is 0 Å². The molecule has 0 N–H and O–H groups in total. The summed E-state index contributed by atoms with van der Waals surface area (Å²) in [6.45, 7) is 6.32. The van der Waals surface area contributed by atoms with Gasteiger partial charge in [-0.05, 0) is 30.7 Å². The minimum Gasteiger partial charge on any atom is -0.368 e. The van der Waals surface area contributed by atoms with Crippen molar-refractivity contribution in [1.29, 1.82) is 5.26 Å². The van der Waals surface area contributed by atoms with Crippen molar-refractivity contribution in [1.82, 2.24) is 14.4 Å². The van der Waals surface area contributed by atoms with Crippen LogP contribution in [0, 0.1) is 11.3 Å². The van der Waals surface area contributed by atoms with Gasteiger partial charge in [0.2, 0.25) is 5.91 Å². The van der Waals surface area contributed by atoms with Crippen LogP contribution >= 0.6 is 0 Å². The molecule has 2 aliphatic heterocycles. The van der Waals surface area contributed by atoms with Crippen molar-refractivity contribution in [3.63, 3.8) is 0 Å². The summed E-state index contributed by atoms with van der Waals surface area (Å²) in [5.41, 5.74) is 4.28. The number of carbonyl (C=O) groups excluding carboxylic acids is 1. The van der Waals surface area contributed by atoms with Crippen molar-refractivity contribution in [2.45, 2.75) is 25.9 Å². The number of rotatable bonds is 5. The Kier molecular flexibility index (Phi) is 5.36. The maximum Gasteiger partial charge on any atom is 0.222 e. The fourth-order valence-corrected chi connectivity index (χ4v) is 4.20. The molecular formula is C22H27N5O. The fraction of sp³-hybridized carbons (Fsp3) is 0.455. The molecule has 0 spiro atoms. The molecule has 2 saturated heterocycles. The van der Waals surface area contributed by atoms with E-state index in [-0.39, 0.29) is 5.91 Å².